The van der Waals surface area contributed by atoms with E-state index in [9.17, 15) is 9.59 Å². The number of amides is 2. The number of rotatable bonds is 4. The number of hydrogen-bond donors (Lipinski definition) is 1. The zero-order valence-electron chi connectivity index (χ0n) is 14.7. The summed E-state index contributed by atoms with van der Waals surface area (Å²) in [6.45, 7) is 6.50. The van der Waals surface area contributed by atoms with Gasteiger partial charge in [0.25, 0.3) is 5.91 Å². The second-order valence-corrected chi connectivity index (χ2v) is 8.53. The molecule has 0 aliphatic carbocycles. The molecule has 1 N–H and O–H groups in total. The van der Waals surface area contributed by atoms with Crippen molar-refractivity contribution in [3.8, 4) is 0 Å². The maximum atomic E-state index is 12.4. The van der Waals surface area contributed by atoms with Gasteiger partial charge in [0, 0.05) is 37.9 Å². The summed E-state index contributed by atoms with van der Waals surface area (Å²) in [7, 11) is 0. The maximum absolute atomic E-state index is 12.4. The molecular weight excluding hydrogens is 418 g/mol. The monoisotopic (exact) mass is 437 g/mol. The first kappa shape index (κ1) is 18.8. The Kier molecular flexibility index (Phi) is 5.87. The Morgan fingerprint density at radius 3 is 2.54 bits per heavy atom. The van der Waals surface area contributed by atoms with Crippen LogP contribution in [-0.4, -0.2) is 59.4 Å². The van der Waals surface area contributed by atoms with Gasteiger partial charge in [0.1, 0.15) is 11.6 Å². The minimum absolute atomic E-state index is 0.0140. The molecule has 138 valence electrons. The number of halogens is 1. The van der Waals surface area contributed by atoms with Crippen LogP contribution >= 0.6 is 27.3 Å². The summed E-state index contributed by atoms with van der Waals surface area (Å²) in [5.74, 6) is 1.36. The van der Waals surface area contributed by atoms with Gasteiger partial charge in [-0.3, -0.25) is 9.59 Å². The van der Waals surface area contributed by atoms with Gasteiger partial charge in [-0.15, -0.1) is 11.3 Å². The lowest BCUT2D eigenvalue weighted by Crippen LogP contribution is -2.51. The highest BCUT2D eigenvalue weighted by Gasteiger charge is 2.22. The molecule has 0 atom stereocenters. The van der Waals surface area contributed by atoms with Crippen molar-refractivity contribution in [1.82, 2.24) is 20.2 Å². The van der Waals surface area contributed by atoms with Crippen LogP contribution in [0.3, 0.4) is 0 Å². The lowest BCUT2D eigenvalue weighted by molar-refractivity contribution is -0.130. The summed E-state index contributed by atoms with van der Waals surface area (Å²) in [6.07, 6.45) is 0. The minimum Gasteiger partial charge on any atom is -0.353 e. The zero-order valence-corrected chi connectivity index (χ0v) is 17.1. The van der Waals surface area contributed by atoms with Crippen molar-refractivity contribution in [2.75, 3.05) is 37.6 Å². The highest BCUT2D eigenvalue weighted by molar-refractivity contribution is 9.11. The number of aryl methyl sites for hydroxylation is 2. The molecule has 1 aliphatic rings. The number of nitrogens with zero attached hydrogens (tertiary/aromatic N) is 4. The van der Waals surface area contributed by atoms with Crippen LogP contribution in [0, 0.1) is 13.8 Å². The Balaban J connectivity index is 1.49. The summed E-state index contributed by atoms with van der Waals surface area (Å²) in [4.78, 5) is 37.7. The van der Waals surface area contributed by atoms with E-state index in [1.165, 1.54) is 11.3 Å². The predicted molar refractivity (Wildman–Crippen MR) is 105 cm³/mol. The molecule has 1 fully saturated rings. The lowest BCUT2D eigenvalue weighted by Gasteiger charge is -2.35. The Morgan fingerprint density at radius 2 is 1.92 bits per heavy atom. The first-order valence-electron chi connectivity index (χ1n) is 8.31. The van der Waals surface area contributed by atoms with Crippen LogP contribution in [0.2, 0.25) is 0 Å². The van der Waals surface area contributed by atoms with Gasteiger partial charge in [-0.25, -0.2) is 9.97 Å². The van der Waals surface area contributed by atoms with Crippen molar-refractivity contribution in [2.24, 2.45) is 0 Å². The van der Waals surface area contributed by atoms with E-state index in [1.54, 1.807) is 11.0 Å². The van der Waals surface area contributed by atoms with Crippen molar-refractivity contribution in [3.05, 3.63) is 38.4 Å². The molecule has 1 saturated heterocycles. The van der Waals surface area contributed by atoms with Crippen LogP contribution in [0.4, 0.5) is 5.82 Å². The summed E-state index contributed by atoms with van der Waals surface area (Å²) >= 11 is 4.67. The first-order chi connectivity index (χ1) is 12.4. The van der Waals surface area contributed by atoms with Gasteiger partial charge in [-0.05, 0) is 41.9 Å². The summed E-state index contributed by atoms with van der Waals surface area (Å²) in [5.41, 5.74) is 0.939. The Bertz CT molecular complexity index is 797. The zero-order chi connectivity index (χ0) is 18.7. The van der Waals surface area contributed by atoms with Crippen LogP contribution in [0.25, 0.3) is 0 Å². The van der Waals surface area contributed by atoms with Crippen molar-refractivity contribution in [3.63, 3.8) is 0 Å². The van der Waals surface area contributed by atoms with Gasteiger partial charge < -0.3 is 15.1 Å². The predicted octanol–water partition coefficient (Wildman–Crippen LogP) is 2.00. The first-order valence-corrected chi connectivity index (χ1v) is 9.92. The molecule has 9 heteroatoms. The minimum atomic E-state index is -0.223. The second-order valence-electron chi connectivity index (χ2n) is 6.07. The molecule has 3 heterocycles. The summed E-state index contributed by atoms with van der Waals surface area (Å²) in [5, 5.41) is 2.69. The lowest BCUT2D eigenvalue weighted by atomic mass is 10.3. The molecule has 2 aromatic heterocycles. The molecule has 2 aromatic rings. The van der Waals surface area contributed by atoms with E-state index in [0.717, 1.165) is 21.1 Å². The van der Waals surface area contributed by atoms with Gasteiger partial charge in [0.05, 0.1) is 15.2 Å². The number of thiophene rings is 1. The van der Waals surface area contributed by atoms with E-state index >= 15 is 0 Å². The van der Waals surface area contributed by atoms with Crippen LogP contribution in [0.15, 0.2) is 22.0 Å². The highest BCUT2D eigenvalue weighted by atomic mass is 79.9. The van der Waals surface area contributed by atoms with Gasteiger partial charge >= 0.3 is 0 Å². The average Bonchev–Trinajstić information content (AvgIpc) is 3.05. The molecule has 0 spiro atoms. The molecule has 2 amide bonds. The van der Waals surface area contributed by atoms with Gasteiger partial charge in [-0.2, -0.15) is 0 Å². The van der Waals surface area contributed by atoms with Crippen molar-refractivity contribution in [1.29, 1.82) is 0 Å². The number of aromatic nitrogens is 2. The summed E-state index contributed by atoms with van der Waals surface area (Å²) in [6, 6.07) is 5.51. The van der Waals surface area contributed by atoms with Crippen LogP contribution < -0.4 is 10.2 Å². The fourth-order valence-corrected chi connectivity index (χ4v) is 4.14. The fourth-order valence-electron chi connectivity index (χ4n) is 2.84. The Hall–Kier alpha value is -2.00. The molecule has 3 rings (SSSR count). The quantitative estimate of drug-likeness (QED) is 0.790. The molecule has 0 saturated carbocycles. The molecule has 0 bridgehead atoms. The number of carbonyl (C=O) groups excluding carboxylic acids is 2. The van der Waals surface area contributed by atoms with E-state index < -0.39 is 0 Å². The van der Waals surface area contributed by atoms with E-state index in [2.05, 4.69) is 36.1 Å². The van der Waals surface area contributed by atoms with Crippen LogP contribution in [-0.2, 0) is 4.79 Å². The van der Waals surface area contributed by atoms with Crippen LogP contribution in [0.5, 0.6) is 0 Å². The molecule has 7 nitrogen and oxygen atoms in total. The molecule has 0 aromatic carbocycles. The van der Waals surface area contributed by atoms with Crippen molar-refractivity contribution < 1.29 is 9.59 Å². The van der Waals surface area contributed by atoms with Gasteiger partial charge in [0.15, 0.2) is 0 Å². The van der Waals surface area contributed by atoms with Crippen LogP contribution in [0.1, 0.15) is 21.2 Å². The number of carbonyl (C=O) groups is 2. The third-order valence-electron chi connectivity index (χ3n) is 4.11. The third kappa shape index (κ3) is 4.59. The van der Waals surface area contributed by atoms with Gasteiger partial charge in [0.2, 0.25) is 5.91 Å². The number of hydrogen-bond acceptors (Lipinski definition) is 6. The molecule has 26 heavy (non-hydrogen) atoms. The molecule has 0 radical (unpaired) electrons. The Morgan fingerprint density at radius 1 is 1.19 bits per heavy atom. The normalized spacial score (nSPS) is 14.4. The topological polar surface area (TPSA) is 78.4 Å². The van der Waals surface area contributed by atoms with E-state index in [4.69, 9.17) is 0 Å². The molecule has 1 aliphatic heterocycles. The number of nitrogens with one attached hydrogen (secondary N) is 1. The summed E-state index contributed by atoms with van der Waals surface area (Å²) < 4.78 is 0.889. The maximum Gasteiger partial charge on any atom is 0.261 e. The van der Waals surface area contributed by atoms with E-state index in [-0.39, 0.29) is 18.4 Å². The average molecular weight is 438 g/mol. The smallest absolute Gasteiger partial charge is 0.261 e. The van der Waals surface area contributed by atoms with Gasteiger partial charge in [-0.1, -0.05) is 0 Å². The van der Waals surface area contributed by atoms with Crippen molar-refractivity contribution >= 4 is 44.9 Å². The third-order valence-corrected chi connectivity index (χ3v) is 5.73. The molecule has 0 unspecified atom stereocenters. The van der Waals surface area contributed by atoms with Crippen molar-refractivity contribution in [2.45, 2.75) is 13.8 Å². The number of anilines is 1. The SMILES string of the molecule is Cc1cc(N2CCN(C(=O)CNC(=O)c3ccc(Br)s3)CC2)nc(C)n1. The standard InChI is InChI=1S/C17H20BrN5O2S/c1-11-9-15(21-12(2)20-11)22-5-7-23(8-6-22)16(24)10-19-17(25)13-3-4-14(18)26-13/h3-4,9H,5-8,10H2,1-2H3,(H,19,25). The molecular formula is C17H20BrN5O2S. The Labute approximate surface area is 164 Å². The van der Waals surface area contributed by atoms with E-state index in [0.29, 0.717) is 31.1 Å². The number of piperazine rings is 1. The highest BCUT2D eigenvalue weighted by Crippen LogP contribution is 2.21. The van der Waals surface area contributed by atoms with E-state index in [1.807, 2.05) is 26.0 Å². The fraction of sp³-hybridized carbons (Fsp3) is 0.412. The largest absolute Gasteiger partial charge is 0.353 e. The second kappa shape index (κ2) is 8.13.